The normalized spacial score (nSPS) is 11.7. The Labute approximate surface area is 286 Å². The minimum absolute atomic E-state index is 0.692. The fourth-order valence-electron chi connectivity index (χ4n) is 7.20. The van der Waals surface area contributed by atoms with Crippen LogP contribution in [0, 0.1) is 0 Å². The Bertz CT molecular complexity index is 2820. The van der Waals surface area contributed by atoms with Crippen LogP contribution in [0.25, 0.3) is 97.8 Å². The van der Waals surface area contributed by atoms with Crippen LogP contribution >= 0.6 is 11.3 Å². The van der Waals surface area contributed by atoms with Crippen LogP contribution in [0.3, 0.4) is 0 Å². The van der Waals surface area contributed by atoms with Gasteiger partial charge in [0.15, 0.2) is 5.82 Å². The molecule has 3 aromatic heterocycles. The van der Waals surface area contributed by atoms with E-state index < -0.39 is 0 Å². The lowest BCUT2D eigenvalue weighted by molar-refractivity contribution is 1.18. The lowest BCUT2D eigenvalue weighted by Gasteiger charge is -2.15. The smallest absolute Gasteiger partial charge is 0.160 e. The van der Waals surface area contributed by atoms with Crippen LogP contribution in [0.15, 0.2) is 164 Å². The number of thiophene rings is 1. The van der Waals surface area contributed by atoms with Gasteiger partial charge in [0.2, 0.25) is 0 Å². The van der Waals surface area contributed by atoms with Crippen LogP contribution in [0.4, 0.5) is 0 Å². The standard InChI is InChI=1S/C45H27N3S/c1-3-14-28(15-4-1)38-27-39(47-45(46-38)29-16-5-2-6-17-29)34-23-13-24-36-42(34)48-43(41-35-22-11-12-25-40(35)49-44(36)41)37-26-30-18-7-8-19-31(30)32-20-9-10-21-33(32)37/h1-27H. The van der Waals surface area contributed by atoms with Crippen molar-refractivity contribution in [2.45, 2.75) is 0 Å². The summed E-state index contributed by atoms with van der Waals surface area (Å²) in [5.41, 5.74) is 7.81. The van der Waals surface area contributed by atoms with Gasteiger partial charge in [-0.15, -0.1) is 11.3 Å². The molecule has 0 fully saturated rings. The minimum atomic E-state index is 0.692. The zero-order valence-corrected chi connectivity index (χ0v) is 27.2. The summed E-state index contributed by atoms with van der Waals surface area (Å²) in [4.78, 5) is 16.0. The Balaban J connectivity index is 1.33. The van der Waals surface area contributed by atoms with E-state index in [2.05, 4.69) is 140 Å². The molecule has 0 radical (unpaired) electrons. The lowest BCUT2D eigenvalue weighted by Crippen LogP contribution is -1.97. The molecular weight excluding hydrogens is 615 g/mol. The van der Waals surface area contributed by atoms with Crippen molar-refractivity contribution in [1.82, 2.24) is 15.0 Å². The van der Waals surface area contributed by atoms with E-state index in [-0.39, 0.29) is 0 Å². The Morgan fingerprint density at radius 1 is 0.408 bits per heavy atom. The van der Waals surface area contributed by atoms with Crippen molar-refractivity contribution in [3.63, 3.8) is 0 Å². The molecule has 10 aromatic rings. The van der Waals surface area contributed by atoms with Crippen molar-refractivity contribution < 1.29 is 0 Å². The van der Waals surface area contributed by atoms with Gasteiger partial charge in [0.25, 0.3) is 0 Å². The van der Waals surface area contributed by atoms with Gasteiger partial charge >= 0.3 is 0 Å². The van der Waals surface area contributed by atoms with Crippen LogP contribution in [0.2, 0.25) is 0 Å². The first-order valence-corrected chi connectivity index (χ1v) is 17.3. The number of hydrogen-bond donors (Lipinski definition) is 0. The van der Waals surface area contributed by atoms with Gasteiger partial charge < -0.3 is 0 Å². The highest BCUT2D eigenvalue weighted by Crippen LogP contribution is 2.46. The minimum Gasteiger partial charge on any atom is -0.246 e. The second kappa shape index (κ2) is 11.2. The van der Waals surface area contributed by atoms with Gasteiger partial charge in [0.05, 0.1) is 22.6 Å². The molecule has 0 aliphatic heterocycles. The largest absolute Gasteiger partial charge is 0.246 e. The summed E-state index contributed by atoms with van der Waals surface area (Å²) in [6, 6.07) is 57.6. The zero-order valence-electron chi connectivity index (χ0n) is 26.3. The molecular formula is C45H27N3S. The van der Waals surface area contributed by atoms with Crippen LogP contribution < -0.4 is 0 Å². The van der Waals surface area contributed by atoms with E-state index in [1.54, 1.807) is 0 Å². The number of hydrogen-bond acceptors (Lipinski definition) is 4. The zero-order chi connectivity index (χ0) is 32.3. The number of aromatic nitrogens is 3. The first-order chi connectivity index (χ1) is 24.3. The Hall–Kier alpha value is -6.23. The molecule has 0 saturated heterocycles. The highest BCUT2D eigenvalue weighted by molar-refractivity contribution is 7.26. The molecule has 0 spiro atoms. The number of rotatable bonds is 4. The monoisotopic (exact) mass is 641 g/mol. The molecule has 3 heterocycles. The topological polar surface area (TPSA) is 38.7 Å². The molecule has 0 saturated carbocycles. The molecule has 49 heavy (non-hydrogen) atoms. The summed E-state index contributed by atoms with van der Waals surface area (Å²) in [6.45, 7) is 0. The van der Waals surface area contributed by atoms with Gasteiger partial charge in [-0.1, -0.05) is 146 Å². The second-order valence-corrected chi connectivity index (χ2v) is 13.4. The number of para-hydroxylation sites is 1. The molecule has 0 unspecified atom stereocenters. The van der Waals surface area contributed by atoms with Crippen molar-refractivity contribution in [2.75, 3.05) is 0 Å². The summed E-state index contributed by atoms with van der Waals surface area (Å²) in [7, 11) is 0. The summed E-state index contributed by atoms with van der Waals surface area (Å²) in [6.07, 6.45) is 0. The first kappa shape index (κ1) is 27.8. The number of benzene rings is 7. The average molecular weight is 642 g/mol. The predicted octanol–water partition coefficient (Wildman–Crippen LogP) is 12.4. The lowest BCUT2D eigenvalue weighted by atomic mass is 9.93. The summed E-state index contributed by atoms with van der Waals surface area (Å²) >= 11 is 1.84. The van der Waals surface area contributed by atoms with Crippen molar-refractivity contribution >= 4 is 64.0 Å². The molecule has 7 aromatic carbocycles. The highest BCUT2D eigenvalue weighted by Gasteiger charge is 2.21. The molecule has 0 amide bonds. The second-order valence-electron chi connectivity index (χ2n) is 12.3. The number of fused-ring (bicyclic) bond motifs is 8. The van der Waals surface area contributed by atoms with E-state index in [0.717, 1.165) is 50.2 Å². The summed E-state index contributed by atoms with van der Waals surface area (Å²) in [5, 5.41) is 8.44. The van der Waals surface area contributed by atoms with Gasteiger partial charge in [-0.05, 0) is 39.7 Å². The quantitative estimate of drug-likeness (QED) is 0.180. The molecule has 3 nitrogen and oxygen atoms in total. The molecule has 0 aliphatic carbocycles. The van der Waals surface area contributed by atoms with Gasteiger partial charge in [-0.25, -0.2) is 15.0 Å². The maximum atomic E-state index is 5.68. The molecule has 10 rings (SSSR count). The van der Waals surface area contributed by atoms with Crippen LogP contribution in [0.1, 0.15) is 0 Å². The maximum absolute atomic E-state index is 5.68. The van der Waals surface area contributed by atoms with E-state index in [1.165, 1.54) is 41.7 Å². The van der Waals surface area contributed by atoms with Gasteiger partial charge in [0.1, 0.15) is 0 Å². The van der Waals surface area contributed by atoms with E-state index in [9.17, 15) is 0 Å². The summed E-state index contributed by atoms with van der Waals surface area (Å²) < 4.78 is 2.49. The van der Waals surface area contributed by atoms with E-state index >= 15 is 0 Å². The van der Waals surface area contributed by atoms with Crippen molar-refractivity contribution in [3.05, 3.63) is 164 Å². The van der Waals surface area contributed by atoms with Gasteiger partial charge in [0, 0.05) is 47.8 Å². The van der Waals surface area contributed by atoms with Crippen LogP contribution in [-0.4, -0.2) is 15.0 Å². The van der Waals surface area contributed by atoms with Crippen molar-refractivity contribution in [2.24, 2.45) is 0 Å². The Morgan fingerprint density at radius 3 is 1.86 bits per heavy atom. The average Bonchev–Trinajstić information content (AvgIpc) is 3.58. The molecule has 4 heteroatoms. The first-order valence-electron chi connectivity index (χ1n) is 16.5. The predicted molar refractivity (Wildman–Crippen MR) is 207 cm³/mol. The van der Waals surface area contributed by atoms with Crippen LogP contribution in [0.5, 0.6) is 0 Å². The Morgan fingerprint density at radius 2 is 1.04 bits per heavy atom. The molecule has 0 N–H and O–H groups in total. The molecule has 0 bridgehead atoms. The van der Waals surface area contributed by atoms with Crippen molar-refractivity contribution in [3.8, 4) is 45.2 Å². The SMILES string of the molecule is c1ccc(-c2cc(-c3cccc4c3nc(-c3cc5ccccc5c5ccccc35)c3c5ccccc5sc43)nc(-c3ccccc3)n2)cc1. The third kappa shape index (κ3) is 4.53. The van der Waals surface area contributed by atoms with E-state index in [1.807, 2.05) is 35.6 Å². The number of nitrogens with zero attached hydrogens (tertiary/aromatic N) is 3. The van der Waals surface area contributed by atoms with Crippen molar-refractivity contribution in [1.29, 1.82) is 0 Å². The van der Waals surface area contributed by atoms with E-state index in [4.69, 9.17) is 15.0 Å². The third-order valence-corrected chi connectivity index (χ3v) is 10.7. The number of pyridine rings is 1. The van der Waals surface area contributed by atoms with E-state index in [0.29, 0.717) is 5.82 Å². The third-order valence-electron chi connectivity index (χ3n) is 9.46. The van der Waals surface area contributed by atoms with Crippen LogP contribution in [-0.2, 0) is 0 Å². The Kier molecular flexibility index (Phi) is 6.36. The maximum Gasteiger partial charge on any atom is 0.160 e. The van der Waals surface area contributed by atoms with Gasteiger partial charge in [-0.2, -0.15) is 0 Å². The fourth-order valence-corrected chi connectivity index (χ4v) is 8.43. The molecule has 0 aliphatic rings. The van der Waals surface area contributed by atoms with Gasteiger partial charge in [-0.3, -0.25) is 0 Å². The molecule has 228 valence electrons. The fraction of sp³-hybridized carbons (Fsp3) is 0. The molecule has 0 atom stereocenters. The summed E-state index contributed by atoms with van der Waals surface area (Å²) in [5.74, 6) is 0.692. The highest BCUT2D eigenvalue weighted by atomic mass is 32.1.